The highest BCUT2D eigenvalue weighted by molar-refractivity contribution is 9.10. The molecular formula is C15H19Br2N. The van der Waals surface area contributed by atoms with Gasteiger partial charge in [-0.2, -0.15) is 0 Å². The Bertz CT molecular complexity index is 411. The van der Waals surface area contributed by atoms with Crippen LogP contribution in [-0.2, 0) is 5.33 Å². The lowest BCUT2D eigenvalue weighted by Gasteiger charge is -2.27. The van der Waals surface area contributed by atoms with Crippen molar-refractivity contribution in [1.29, 1.82) is 0 Å². The van der Waals surface area contributed by atoms with Crippen molar-refractivity contribution in [1.82, 2.24) is 0 Å². The van der Waals surface area contributed by atoms with Gasteiger partial charge < -0.3 is 4.90 Å². The zero-order chi connectivity index (χ0) is 12.5. The molecule has 3 rings (SSSR count). The molecule has 2 fully saturated rings. The monoisotopic (exact) mass is 371 g/mol. The maximum absolute atomic E-state index is 3.62. The minimum Gasteiger partial charge on any atom is -0.371 e. The lowest BCUT2D eigenvalue weighted by molar-refractivity contribution is 0.677. The smallest absolute Gasteiger partial charge is 0.0418 e. The minimum atomic E-state index is 0.946. The van der Waals surface area contributed by atoms with Crippen LogP contribution in [0.3, 0.4) is 0 Å². The molecule has 2 aliphatic carbocycles. The van der Waals surface area contributed by atoms with E-state index in [1.54, 1.807) is 0 Å². The van der Waals surface area contributed by atoms with Crippen molar-refractivity contribution in [3.8, 4) is 0 Å². The average Bonchev–Trinajstić information content (AvgIpc) is 3.23. The molecule has 0 radical (unpaired) electrons. The number of halogens is 2. The summed E-state index contributed by atoms with van der Waals surface area (Å²) >= 11 is 7.24. The highest BCUT2D eigenvalue weighted by Gasteiger charge is 2.30. The number of nitrogens with zero attached hydrogens (tertiary/aromatic N) is 1. The van der Waals surface area contributed by atoms with Gasteiger partial charge in [0.1, 0.15) is 0 Å². The third-order valence-electron chi connectivity index (χ3n) is 3.88. The summed E-state index contributed by atoms with van der Waals surface area (Å²) in [6.07, 6.45) is 5.72. The first kappa shape index (κ1) is 13.0. The number of alkyl halides is 1. The SMILES string of the molecule is BrCc1ccc(Br)cc1N(CC1CC1)CC1CC1. The van der Waals surface area contributed by atoms with E-state index in [2.05, 4.69) is 55.0 Å². The molecule has 0 amide bonds. The maximum atomic E-state index is 3.62. The van der Waals surface area contributed by atoms with Crippen LogP contribution in [0.2, 0.25) is 0 Å². The van der Waals surface area contributed by atoms with Crippen molar-refractivity contribution < 1.29 is 0 Å². The highest BCUT2D eigenvalue weighted by Crippen LogP contribution is 2.37. The summed E-state index contributed by atoms with van der Waals surface area (Å²) in [4.78, 5) is 2.64. The summed E-state index contributed by atoms with van der Waals surface area (Å²) in [5, 5.41) is 0.946. The first-order valence-electron chi connectivity index (χ1n) is 6.85. The van der Waals surface area contributed by atoms with Crippen LogP contribution in [0.15, 0.2) is 22.7 Å². The molecule has 0 heterocycles. The lowest BCUT2D eigenvalue weighted by atomic mass is 10.1. The fourth-order valence-electron chi connectivity index (χ4n) is 2.44. The molecule has 2 saturated carbocycles. The van der Waals surface area contributed by atoms with Gasteiger partial charge in [-0.05, 0) is 55.2 Å². The van der Waals surface area contributed by atoms with Crippen LogP contribution in [0.5, 0.6) is 0 Å². The predicted octanol–water partition coefficient (Wildman–Crippen LogP) is 4.97. The van der Waals surface area contributed by atoms with Gasteiger partial charge in [0.15, 0.2) is 0 Å². The Labute approximate surface area is 126 Å². The summed E-state index contributed by atoms with van der Waals surface area (Å²) in [6, 6.07) is 6.68. The quantitative estimate of drug-likeness (QED) is 0.637. The molecule has 18 heavy (non-hydrogen) atoms. The molecule has 1 nitrogen and oxygen atoms in total. The zero-order valence-electron chi connectivity index (χ0n) is 10.5. The van der Waals surface area contributed by atoms with Crippen LogP contribution < -0.4 is 4.90 Å². The molecule has 0 saturated heterocycles. The van der Waals surface area contributed by atoms with Gasteiger partial charge in [-0.25, -0.2) is 0 Å². The van der Waals surface area contributed by atoms with Crippen LogP contribution in [0.4, 0.5) is 5.69 Å². The molecule has 0 N–H and O–H groups in total. The van der Waals surface area contributed by atoms with Crippen molar-refractivity contribution in [2.45, 2.75) is 31.0 Å². The van der Waals surface area contributed by atoms with Crippen molar-refractivity contribution in [2.24, 2.45) is 11.8 Å². The van der Waals surface area contributed by atoms with Gasteiger partial charge in [0.05, 0.1) is 0 Å². The molecule has 0 spiro atoms. The average molecular weight is 373 g/mol. The van der Waals surface area contributed by atoms with E-state index in [4.69, 9.17) is 0 Å². The number of hydrogen-bond donors (Lipinski definition) is 0. The topological polar surface area (TPSA) is 3.24 Å². The maximum Gasteiger partial charge on any atom is 0.0418 e. The van der Waals surface area contributed by atoms with Gasteiger partial charge in [0, 0.05) is 28.6 Å². The zero-order valence-corrected chi connectivity index (χ0v) is 13.7. The molecule has 0 aromatic heterocycles. The van der Waals surface area contributed by atoms with Gasteiger partial charge in [-0.15, -0.1) is 0 Å². The third kappa shape index (κ3) is 3.30. The Kier molecular flexibility index (Phi) is 4.00. The molecule has 0 bridgehead atoms. The van der Waals surface area contributed by atoms with E-state index in [0.29, 0.717) is 0 Å². The van der Waals surface area contributed by atoms with Crippen LogP contribution in [0.1, 0.15) is 31.2 Å². The van der Waals surface area contributed by atoms with E-state index < -0.39 is 0 Å². The second-order valence-electron chi connectivity index (χ2n) is 5.70. The van der Waals surface area contributed by atoms with E-state index in [1.807, 2.05) is 0 Å². The van der Waals surface area contributed by atoms with Gasteiger partial charge >= 0.3 is 0 Å². The molecule has 1 aromatic carbocycles. The molecule has 1 aromatic rings. The Morgan fingerprint density at radius 1 is 1.06 bits per heavy atom. The van der Waals surface area contributed by atoms with Gasteiger partial charge in [-0.1, -0.05) is 37.9 Å². The number of benzene rings is 1. The van der Waals surface area contributed by atoms with E-state index in [1.165, 1.54) is 54.5 Å². The van der Waals surface area contributed by atoms with Crippen molar-refractivity contribution in [2.75, 3.05) is 18.0 Å². The van der Waals surface area contributed by atoms with Crippen LogP contribution in [0.25, 0.3) is 0 Å². The molecule has 0 unspecified atom stereocenters. The second-order valence-corrected chi connectivity index (χ2v) is 7.17. The molecule has 0 atom stereocenters. The molecule has 2 aliphatic rings. The van der Waals surface area contributed by atoms with E-state index in [0.717, 1.165) is 17.2 Å². The Morgan fingerprint density at radius 2 is 1.67 bits per heavy atom. The minimum absolute atomic E-state index is 0.946. The summed E-state index contributed by atoms with van der Waals surface area (Å²) in [5.41, 5.74) is 2.85. The summed E-state index contributed by atoms with van der Waals surface area (Å²) < 4.78 is 1.19. The normalized spacial score (nSPS) is 19.0. The number of anilines is 1. The van der Waals surface area contributed by atoms with Crippen molar-refractivity contribution in [3.05, 3.63) is 28.2 Å². The molecule has 0 aliphatic heterocycles. The van der Waals surface area contributed by atoms with Gasteiger partial charge in [-0.3, -0.25) is 0 Å². The fourth-order valence-corrected chi connectivity index (χ4v) is 3.26. The van der Waals surface area contributed by atoms with Crippen molar-refractivity contribution in [3.63, 3.8) is 0 Å². The van der Waals surface area contributed by atoms with Crippen LogP contribution in [0, 0.1) is 11.8 Å². The summed E-state index contributed by atoms with van der Waals surface area (Å²) in [7, 11) is 0. The second kappa shape index (κ2) is 5.54. The van der Waals surface area contributed by atoms with Gasteiger partial charge in [0.25, 0.3) is 0 Å². The largest absolute Gasteiger partial charge is 0.371 e. The first-order chi connectivity index (χ1) is 8.76. The fraction of sp³-hybridized carbons (Fsp3) is 0.600. The standard InChI is InChI=1S/C15H19Br2N/c16-8-13-5-6-14(17)7-15(13)18(9-11-1-2-11)10-12-3-4-12/h5-7,11-12H,1-4,8-10H2. The Hall–Kier alpha value is -0.0200. The molecule has 3 heteroatoms. The molecular weight excluding hydrogens is 354 g/mol. The highest BCUT2D eigenvalue weighted by atomic mass is 79.9. The predicted molar refractivity (Wildman–Crippen MR) is 84.4 cm³/mol. The van der Waals surface area contributed by atoms with Crippen LogP contribution in [-0.4, -0.2) is 13.1 Å². The van der Waals surface area contributed by atoms with Crippen LogP contribution >= 0.6 is 31.9 Å². The molecule has 98 valence electrons. The Morgan fingerprint density at radius 3 is 2.17 bits per heavy atom. The number of hydrogen-bond acceptors (Lipinski definition) is 1. The summed E-state index contributed by atoms with van der Waals surface area (Å²) in [6.45, 7) is 2.51. The lowest BCUT2D eigenvalue weighted by Crippen LogP contribution is -2.28. The van der Waals surface area contributed by atoms with E-state index in [9.17, 15) is 0 Å². The Balaban J connectivity index is 1.83. The van der Waals surface area contributed by atoms with E-state index >= 15 is 0 Å². The third-order valence-corrected chi connectivity index (χ3v) is 4.98. The first-order valence-corrected chi connectivity index (χ1v) is 8.77. The summed E-state index contributed by atoms with van der Waals surface area (Å²) in [5.74, 6) is 1.90. The van der Waals surface area contributed by atoms with E-state index in [-0.39, 0.29) is 0 Å². The van der Waals surface area contributed by atoms with Gasteiger partial charge in [0.2, 0.25) is 0 Å². The number of rotatable bonds is 6. The van der Waals surface area contributed by atoms with Crippen molar-refractivity contribution >= 4 is 37.5 Å².